The van der Waals surface area contributed by atoms with Crippen molar-refractivity contribution in [3.8, 4) is 0 Å². The largest absolute Gasteiger partial charge is 0.355 e. The zero-order valence-electron chi connectivity index (χ0n) is 12.0. The molecule has 1 N–H and O–H groups in total. The molecule has 0 aliphatic heterocycles. The fourth-order valence-electron chi connectivity index (χ4n) is 1.89. The van der Waals surface area contributed by atoms with Gasteiger partial charge in [-0.25, -0.2) is 8.42 Å². The number of sulfone groups is 1. The highest BCUT2D eigenvalue weighted by Gasteiger charge is 2.18. The van der Waals surface area contributed by atoms with Gasteiger partial charge in [0.15, 0.2) is 9.84 Å². The van der Waals surface area contributed by atoms with Crippen molar-refractivity contribution in [1.82, 2.24) is 5.32 Å². The van der Waals surface area contributed by atoms with Gasteiger partial charge in [-0.1, -0.05) is 50.8 Å². The van der Waals surface area contributed by atoms with Crippen molar-refractivity contribution in [3.63, 3.8) is 0 Å². The molecule has 0 saturated carbocycles. The molecule has 0 atom stereocenters. The fourth-order valence-corrected chi connectivity index (χ4v) is 3.08. The zero-order chi connectivity index (χ0) is 14.8. The smallest absolute Gasteiger partial charge is 0.235 e. The van der Waals surface area contributed by atoms with Crippen LogP contribution in [-0.2, 0) is 14.6 Å². The first-order valence-electron chi connectivity index (χ1n) is 7.11. The molecule has 0 fully saturated rings. The minimum absolute atomic E-state index is 0.193. The maximum Gasteiger partial charge on any atom is 0.235 e. The second-order valence-corrected chi connectivity index (χ2v) is 6.83. The summed E-state index contributed by atoms with van der Waals surface area (Å²) in [5.41, 5.74) is 0. The first-order valence-corrected chi connectivity index (χ1v) is 8.76. The molecule has 0 aliphatic carbocycles. The van der Waals surface area contributed by atoms with Crippen LogP contribution in [0.3, 0.4) is 0 Å². The van der Waals surface area contributed by atoms with Crippen LogP contribution in [0.2, 0.25) is 0 Å². The van der Waals surface area contributed by atoms with Crippen LogP contribution in [0.1, 0.15) is 39.0 Å². The molecular weight excluding hydrogens is 274 g/mol. The van der Waals surface area contributed by atoms with Crippen LogP contribution in [0.5, 0.6) is 0 Å². The van der Waals surface area contributed by atoms with Crippen molar-refractivity contribution >= 4 is 15.7 Å². The summed E-state index contributed by atoms with van der Waals surface area (Å²) in [5, 5.41) is 2.67. The van der Waals surface area contributed by atoms with Gasteiger partial charge in [-0.15, -0.1) is 0 Å². The Morgan fingerprint density at radius 2 is 1.70 bits per heavy atom. The average Bonchev–Trinajstić information content (AvgIpc) is 2.43. The molecule has 1 aromatic carbocycles. The molecule has 0 aliphatic rings. The van der Waals surface area contributed by atoms with Crippen LogP contribution in [0.15, 0.2) is 35.2 Å². The third-order valence-electron chi connectivity index (χ3n) is 3.03. The third kappa shape index (κ3) is 6.19. The van der Waals surface area contributed by atoms with Crippen molar-refractivity contribution in [2.45, 2.75) is 43.9 Å². The van der Waals surface area contributed by atoms with Crippen LogP contribution < -0.4 is 5.32 Å². The van der Waals surface area contributed by atoms with Crippen molar-refractivity contribution in [2.75, 3.05) is 12.3 Å². The first-order chi connectivity index (χ1) is 9.56. The van der Waals surface area contributed by atoms with E-state index in [0.29, 0.717) is 6.54 Å². The lowest BCUT2D eigenvalue weighted by atomic mass is 10.1. The summed E-state index contributed by atoms with van der Waals surface area (Å²) in [5.74, 6) is -0.907. The second kappa shape index (κ2) is 8.74. The Bertz CT molecular complexity index is 497. The van der Waals surface area contributed by atoms with Crippen molar-refractivity contribution < 1.29 is 13.2 Å². The van der Waals surface area contributed by atoms with Gasteiger partial charge in [0.2, 0.25) is 5.91 Å². The van der Waals surface area contributed by atoms with Gasteiger partial charge in [0.1, 0.15) is 5.75 Å². The molecule has 1 rings (SSSR count). The van der Waals surface area contributed by atoms with E-state index in [1.54, 1.807) is 18.2 Å². The maximum absolute atomic E-state index is 12.0. The highest BCUT2D eigenvalue weighted by Crippen LogP contribution is 2.09. The fraction of sp³-hybridized carbons (Fsp3) is 0.533. The number of carbonyl (C=O) groups excluding carboxylic acids is 1. The molecule has 0 unspecified atom stereocenters. The molecule has 0 bridgehead atoms. The van der Waals surface area contributed by atoms with Crippen LogP contribution in [0.25, 0.3) is 0 Å². The lowest BCUT2D eigenvalue weighted by molar-refractivity contribution is -0.118. The van der Waals surface area contributed by atoms with Gasteiger partial charge < -0.3 is 5.32 Å². The number of unbranched alkanes of at least 4 members (excludes halogenated alkanes) is 4. The third-order valence-corrected chi connectivity index (χ3v) is 4.66. The Kier molecular flexibility index (Phi) is 7.30. The van der Waals surface area contributed by atoms with E-state index >= 15 is 0 Å². The summed E-state index contributed by atoms with van der Waals surface area (Å²) >= 11 is 0. The molecule has 5 heteroatoms. The van der Waals surface area contributed by atoms with E-state index in [2.05, 4.69) is 12.2 Å². The summed E-state index contributed by atoms with van der Waals surface area (Å²) in [6.45, 7) is 2.70. The van der Waals surface area contributed by atoms with Crippen LogP contribution in [0.4, 0.5) is 0 Å². The monoisotopic (exact) mass is 297 g/mol. The summed E-state index contributed by atoms with van der Waals surface area (Å²) in [4.78, 5) is 11.8. The van der Waals surface area contributed by atoms with Crippen LogP contribution in [-0.4, -0.2) is 26.6 Å². The van der Waals surface area contributed by atoms with Crippen molar-refractivity contribution in [1.29, 1.82) is 0 Å². The topological polar surface area (TPSA) is 63.2 Å². The highest BCUT2D eigenvalue weighted by molar-refractivity contribution is 7.92. The number of nitrogens with one attached hydrogen (secondary N) is 1. The minimum Gasteiger partial charge on any atom is -0.355 e. The molecule has 1 amide bonds. The quantitative estimate of drug-likeness (QED) is 0.712. The Balaban J connectivity index is 2.32. The number of hydrogen-bond acceptors (Lipinski definition) is 3. The second-order valence-electron chi connectivity index (χ2n) is 4.84. The van der Waals surface area contributed by atoms with Crippen LogP contribution in [0, 0.1) is 0 Å². The Morgan fingerprint density at radius 3 is 2.35 bits per heavy atom. The van der Waals surface area contributed by atoms with Gasteiger partial charge in [-0.2, -0.15) is 0 Å². The van der Waals surface area contributed by atoms with E-state index in [-0.39, 0.29) is 4.90 Å². The molecule has 0 saturated heterocycles. The Hall–Kier alpha value is -1.36. The normalized spacial score (nSPS) is 11.2. The van der Waals surface area contributed by atoms with E-state index in [1.165, 1.54) is 25.0 Å². The van der Waals surface area contributed by atoms with Gasteiger partial charge in [-0.3, -0.25) is 4.79 Å². The number of hydrogen-bond donors (Lipinski definition) is 1. The van der Waals surface area contributed by atoms with E-state index in [1.807, 2.05) is 0 Å². The standard InChI is InChI=1S/C15H23NO3S/c1-2-3-4-5-9-12-16-15(17)13-20(18,19)14-10-7-6-8-11-14/h6-8,10-11H,2-5,9,12-13H2,1H3,(H,16,17). The zero-order valence-corrected chi connectivity index (χ0v) is 12.8. The molecule has 0 spiro atoms. The Labute approximate surface area is 121 Å². The van der Waals surface area contributed by atoms with Crippen molar-refractivity contribution in [2.24, 2.45) is 0 Å². The molecule has 1 aromatic rings. The van der Waals surface area contributed by atoms with Gasteiger partial charge >= 0.3 is 0 Å². The van der Waals surface area contributed by atoms with Crippen molar-refractivity contribution in [3.05, 3.63) is 30.3 Å². The number of carbonyl (C=O) groups is 1. The predicted molar refractivity (Wildman–Crippen MR) is 80.3 cm³/mol. The summed E-state index contributed by atoms with van der Waals surface area (Å²) in [6.07, 6.45) is 5.52. The van der Waals surface area contributed by atoms with Gasteiger partial charge in [-0.05, 0) is 18.6 Å². The predicted octanol–water partition coefficient (Wildman–Crippen LogP) is 2.55. The Morgan fingerprint density at radius 1 is 1.05 bits per heavy atom. The number of benzene rings is 1. The highest BCUT2D eigenvalue weighted by atomic mass is 32.2. The molecule has 0 radical (unpaired) electrons. The van der Waals surface area contributed by atoms with E-state index in [4.69, 9.17) is 0 Å². The molecule has 0 aromatic heterocycles. The van der Waals surface area contributed by atoms with E-state index < -0.39 is 21.5 Å². The SMILES string of the molecule is CCCCCCCNC(=O)CS(=O)(=O)c1ccccc1. The lowest BCUT2D eigenvalue weighted by Crippen LogP contribution is -2.31. The number of rotatable bonds is 9. The van der Waals surface area contributed by atoms with Gasteiger partial charge in [0.25, 0.3) is 0 Å². The minimum atomic E-state index is -3.52. The molecule has 0 heterocycles. The molecule has 112 valence electrons. The average molecular weight is 297 g/mol. The number of amides is 1. The summed E-state index contributed by atoms with van der Waals surface area (Å²) in [6, 6.07) is 8.06. The first kappa shape index (κ1) is 16.7. The van der Waals surface area contributed by atoms with Crippen LogP contribution >= 0.6 is 0 Å². The van der Waals surface area contributed by atoms with E-state index in [9.17, 15) is 13.2 Å². The summed E-state index contributed by atoms with van der Waals surface area (Å²) < 4.78 is 23.9. The molecular formula is C15H23NO3S. The molecule has 20 heavy (non-hydrogen) atoms. The molecule has 4 nitrogen and oxygen atoms in total. The maximum atomic E-state index is 12.0. The van der Waals surface area contributed by atoms with E-state index in [0.717, 1.165) is 19.3 Å². The summed E-state index contributed by atoms with van der Waals surface area (Å²) in [7, 11) is -3.52. The lowest BCUT2D eigenvalue weighted by Gasteiger charge is -2.06. The van der Waals surface area contributed by atoms with Gasteiger partial charge in [0, 0.05) is 6.54 Å². The van der Waals surface area contributed by atoms with Gasteiger partial charge in [0.05, 0.1) is 4.90 Å².